The maximum absolute atomic E-state index is 12.5. The molecule has 100 valence electrons. The van der Waals surface area contributed by atoms with E-state index in [0.29, 0.717) is 12.6 Å². The first-order valence-electron chi connectivity index (χ1n) is 6.70. The molecule has 0 aliphatic heterocycles. The van der Waals surface area contributed by atoms with Crippen molar-refractivity contribution in [2.24, 2.45) is 0 Å². The van der Waals surface area contributed by atoms with Gasteiger partial charge >= 0.3 is 0 Å². The first-order chi connectivity index (χ1) is 8.74. The zero-order chi connectivity index (χ0) is 13.0. The van der Waals surface area contributed by atoms with Crippen LogP contribution in [0.25, 0.3) is 0 Å². The third kappa shape index (κ3) is 2.93. The smallest absolute Gasteiger partial charge is 0.264 e. The van der Waals surface area contributed by atoms with Gasteiger partial charge in [-0.2, -0.15) is 0 Å². The highest BCUT2D eigenvalue weighted by atomic mass is 32.1. The number of thiophene rings is 1. The molecule has 18 heavy (non-hydrogen) atoms. The van der Waals surface area contributed by atoms with Crippen LogP contribution in [0.2, 0.25) is 0 Å². The SMILES string of the molecule is Cc1ccsc1C(=O)N(CCO)C1CCCCC1. The fraction of sp³-hybridized carbons (Fsp3) is 0.643. The van der Waals surface area contributed by atoms with Gasteiger partial charge in [-0.05, 0) is 36.8 Å². The quantitative estimate of drug-likeness (QED) is 0.911. The van der Waals surface area contributed by atoms with Crippen molar-refractivity contribution < 1.29 is 9.90 Å². The Morgan fingerprint density at radius 1 is 1.44 bits per heavy atom. The van der Waals surface area contributed by atoms with Crippen LogP contribution in [-0.4, -0.2) is 35.1 Å². The van der Waals surface area contributed by atoms with Crippen molar-refractivity contribution in [3.05, 3.63) is 21.9 Å². The van der Waals surface area contributed by atoms with Gasteiger partial charge in [0.2, 0.25) is 0 Å². The van der Waals surface area contributed by atoms with Gasteiger partial charge in [0.15, 0.2) is 0 Å². The molecular weight excluding hydrogens is 246 g/mol. The number of rotatable bonds is 4. The standard InChI is InChI=1S/C14H21NO2S/c1-11-7-10-18-13(11)14(17)15(8-9-16)12-5-3-2-4-6-12/h7,10,12,16H,2-6,8-9H2,1H3. The Labute approximate surface area is 112 Å². The minimum atomic E-state index is 0.0483. The normalized spacial score (nSPS) is 16.8. The summed E-state index contributed by atoms with van der Waals surface area (Å²) in [5.41, 5.74) is 1.05. The Morgan fingerprint density at radius 3 is 2.72 bits per heavy atom. The molecule has 1 aliphatic rings. The van der Waals surface area contributed by atoms with E-state index in [4.69, 9.17) is 0 Å². The van der Waals surface area contributed by atoms with Crippen molar-refractivity contribution >= 4 is 17.2 Å². The average molecular weight is 267 g/mol. The van der Waals surface area contributed by atoms with Gasteiger partial charge in [-0.3, -0.25) is 4.79 Å². The second kappa shape index (κ2) is 6.34. The summed E-state index contributed by atoms with van der Waals surface area (Å²) in [6.45, 7) is 2.48. The number of aliphatic hydroxyl groups is 1. The number of carbonyl (C=O) groups excluding carboxylic acids is 1. The number of carbonyl (C=O) groups is 1. The summed E-state index contributed by atoms with van der Waals surface area (Å²) in [4.78, 5) is 15.3. The van der Waals surface area contributed by atoms with Crippen molar-refractivity contribution in [2.45, 2.75) is 45.1 Å². The van der Waals surface area contributed by atoms with E-state index >= 15 is 0 Å². The fourth-order valence-corrected chi connectivity index (χ4v) is 3.55. The molecular formula is C14H21NO2S. The van der Waals surface area contributed by atoms with E-state index in [2.05, 4.69) is 0 Å². The Bertz CT molecular complexity index is 396. The molecule has 1 amide bonds. The molecule has 1 aliphatic carbocycles. The van der Waals surface area contributed by atoms with Crippen LogP contribution in [-0.2, 0) is 0 Å². The van der Waals surface area contributed by atoms with E-state index < -0.39 is 0 Å². The molecule has 4 heteroatoms. The van der Waals surface area contributed by atoms with E-state index in [1.54, 1.807) is 0 Å². The van der Waals surface area contributed by atoms with Crippen LogP contribution in [0.5, 0.6) is 0 Å². The first kappa shape index (κ1) is 13.6. The lowest BCUT2D eigenvalue weighted by Gasteiger charge is -2.34. The lowest BCUT2D eigenvalue weighted by molar-refractivity contribution is 0.0589. The summed E-state index contributed by atoms with van der Waals surface area (Å²) in [7, 11) is 0. The number of hydrogen-bond donors (Lipinski definition) is 1. The third-order valence-corrected chi connectivity index (χ3v) is 4.68. The summed E-state index contributed by atoms with van der Waals surface area (Å²) in [5.74, 6) is 0.100. The summed E-state index contributed by atoms with van der Waals surface area (Å²) < 4.78 is 0. The molecule has 0 saturated heterocycles. The number of amides is 1. The molecule has 0 spiro atoms. The van der Waals surface area contributed by atoms with Crippen molar-refractivity contribution in [3.63, 3.8) is 0 Å². The summed E-state index contributed by atoms with van der Waals surface area (Å²) in [6, 6.07) is 2.30. The molecule has 0 bridgehead atoms. The topological polar surface area (TPSA) is 40.5 Å². The maximum Gasteiger partial charge on any atom is 0.264 e. The number of aliphatic hydroxyl groups excluding tert-OH is 1. The Morgan fingerprint density at radius 2 is 2.17 bits per heavy atom. The van der Waals surface area contributed by atoms with E-state index in [1.807, 2.05) is 23.3 Å². The van der Waals surface area contributed by atoms with Gasteiger partial charge in [0.1, 0.15) is 0 Å². The molecule has 0 unspecified atom stereocenters. The lowest BCUT2D eigenvalue weighted by atomic mass is 9.94. The molecule has 1 aromatic rings. The first-order valence-corrected chi connectivity index (χ1v) is 7.58. The molecule has 3 nitrogen and oxygen atoms in total. The highest BCUT2D eigenvalue weighted by Crippen LogP contribution is 2.26. The predicted octanol–water partition coefficient (Wildman–Crippen LogP) is 2.82. The van der Waals surface area contributed by atoms with E-state index in [9.17, 15) is 9.90 Å². The minimum Gasteiger partial charge on any atom is -0.395 e. The monoisotopic (exact) mass is 267 g/mol. The van der Waals surface area contributed by atoms with E-state index in [1.165, 1.54) is 30.6 Å². The number of hydrogen-bond acceptors (Lipinski definition) is 3. The van der Waals surface area contributed by atoms with Gasteiger partial charge in [-0.1, -0.05) is 19.3 Å². The van der Waals surface area contributed by atoms with Crippen molar-refractivity contribution in [1.29, 1.82) is 0 Å². The van der Waals surface area contributed by atoms with Gasteiger partial charge in [-0.15, -0.1) is 11.3 Å². The Balaban J connectivity index is 2.13. The predicted molar refractivity (Wildman–Crippen MR) is 74.1 cm³/mol. The molecule has 2 rings (SSSR count). The molecule has 1 N–H and O–H groups in total. The van der Waals surface area contributed by atoms with Crippen LogP contribution in [0, 0.1) is 6.92 Å². The lowest BCUT2D eigenvalue weighted by Crippen LogP contribution is -2.43. The van der Waals surface area contributed by atoms with Gasteiger partial charge in [-0.25, -0.2) is 0 Å². The number of aryl methyl sites for hydroxylation is 1. The molecule has 0 aromatic carbocycles. The van der Waals surface area contributed by atoms with Crippen LogP contribution >= 0.6 is 11.3 Å². The zero-order valence-corrected chi connectivity index (χ0v) is 11.7. The van der Waals surface area contributed by atoms with Crippen molar-refractivity contribution in [1.82, 2.24) is 4.90 Å². The van der Waals surface area contributed by atoms with E-state index in [-0.39, 0.29) is 12.5 Å². The molecule has 1 aromatic heterocycles. The highest BCUT2D eigenvalue weighted by Gasteiger charge is 2.27. The van der Waals surface area contributed by atoms with Crippen molar-refractivity contribution in [3.8, 4) is 0 Å². The zero-order valence-electron chi connectivity index (χ0n) is 10.9. The largest absolute Gasteiger partial charge is 0.395 e. The maximum atomic E-state index is 12.5. The minimum absolute atomic E-state index is 0.0483. The van der Waals surface area contributed by atoms with Gasteiger partial charge in [0.25, 0.3) is 5.91 Å². The number of nitrogens with zero attached hydrogens (tertiary/aromatic N) is 1. The average Bonchev–Trinajstić information content (AvgIpc) is 2.82. The van der Waals surface area contributed by atoms with Crippen LogP contribution < -0.4 is 0 Å². The van der Waals surface area contributed by atoms with Crippen molar-refractivity contribution in [2.75, 3.05) is 13.2 Å². The second-order valence-corrected chi connectivity index (χ2v) is 5.86. The molecule has 1 saturated carbocycles. The summed E-state index contributed by atoms with van der Waals surface area (Å²) in [5, 5.41) is 11.2. The fourth-order valence-electron chi connectivity index (χ4n) is 2.67. The van der Waals surface area contributed by atoms with Gasteiger partial charge in [0, 0.05) is 12.6 Å². The van der Waals surface area contributed by atoms with Crippen LogP contribution in [0.15, 0.2) is 11.4 Å². The van der Waals surface area contributed by atoms with Gasteiger partial charge < -0.3 is 10.0 Å². The van der Waals surface area contributed by atoms with Gasteiger partial charge in [0.05, 0.1) is 11.5 Å². The molecule has 0 atom stereocenters. The van der Waals surface area contributed by atoms with Crippen LogP contribution in [0.1, 0.15) is 47.3 Å². The van der Waals surface area contributed by atoms with E-state index in [0.717, 1.165) is 23.3 Å². The Hall–Kier alpha value is -0.870. The van der Waals surface area contributed by atoms with Crippen LogP contribution in [0.3, 0.4) is 0 Å². The molecule has 1 fully saturated rings. The summed E-state index contributed by atoms with van der Waals surface area (Å²) in [6.07, 6.45) is 5.83. The Kier molecular flexibility index (Phi) is 4.78. The molecule has 0 radical (unpaired) electrons. The second-order valence-electron chi connectivity index (χ2n) is 4.95. The van der Waals surface area contributed by atoms with Crippen LogP contribution in [0.4, 0.5) is 0 Å². The molecule has 1 heterocycles. The third-order valence-electron chi connectivity index (χ3n) is 3.67. The summed E-state index contributed by atoms with van der Waals surface area (Å²) >= 11 is 1.50. The highest BCUT2D eigenvalue weighted by molar-refractivity contribution is 7.12.